The summed E-state index contributed by atoms with van der Waals surface area (Å²) in [6.45, 7) is 9.69. The lowest BCUT2D eigenvalue weighted by Gasteiger charge is -2.25. The van der Waals surface area contributed by atoms with Gasteiger partial charge in [0.15, 0.2) is 5.96 Å². The zero-order valence-corrected chi connectivity index (χ0v) is 16.4. The quantitative estimate of drug-likeness (QED) is 0.411. The molecule has 2 aliphatic heterocycles. The maximum atomic E-state index is 5.52. The van der Waals surface area contributed by atoms with Crippen molar-refractivity contribution in [1.82, 2.24) is 15.5 Å². The summed E-state index contributed by atoms with van der Waals surface area (Å²) in [5, 5.41) is 7.12. The summed E-state index contributed by atoms with van der Waals surface area (Å²) >= 11 is 0. The Morgan fingerprint density at radius 3 is 2.73 bits per heavy atom. The lowest BCUT2D eigenvalue weighted by Crippen LogP contribution is -2.49. The molecule has 1 saturated carbocycles. The number of guanidine groups is 1. The van der Waals surface area contributed by atoms with Gasteiger partial charge in [-0.15, -0.1) is 24.0 Å². The van der Waals surface area contributed by atoms with Crippen LogP contribution in [-0.2, 0) is 4.74 Å². The molecule has 128 valence electrons. The Hall–Kier alpha value is -0.0800. The van der Waals surface area contributed by atoms with E-state index in [1.165, 1.54) is 19.4 Å². The molecule has 0 aromatic heterocycles. The fourth-order valence-corrected chi connectivity index (χ4v) is 3.45. The van der Waals surface area contributed by atoms with E-state index < -0.39 is 0 Å². The zero-order chi connectivity index (χ0) is 14.9. The van der Waals surface area contributed by atoms with Gasteiger partial charge in [0, 0.05) is 50.8 Å². The Labute approximate surface area is 151 Å². The molecule has 5 nitrogen and oxygen atoms in total. The van der Waals surface area contributed by atoms with Crippen molar-refractivity contribution >= 4 is 29.9 Å². The number of rotatable bonds is 4. The Bertz CT molecular complexity index is 394. The summed E-state index contributed by atoms with van der Waals surface area (Å²) in [6, 6.07) is 1.38. The topological polar surface area (TPSA) is 48.9 Å². The highest BCUT2D eigenvalue weighted by molar-refractivity contribution is 14.0. The Morgan fingerprint density at radius 2 is 2.14 bits per heavy atom. The minimum atomic E-state index is 0. The van der Waals surface area contributed by atoms with Crippen molar-refractivity contribution in [2.75, 3.05) is 39.9 Å². The molecule has 1 aliphatic carbocycles. The van der Waals surface area contributed by atoms with E-state index in [0.29, 0.717) is 12.0 Å². The highest BCUT2D eigenvalue weighted by Gasteiger charge is 2.38. The van der Waals surface area contributed by atoms with Gasteiger partial charge in [-0.1, -0.05) is 13.8 Å². The molecule has 3 rings (SSSR count). The highest BCUT2D eigenvalue weighted by Crippen LogP contribution is 2.31. The molecule has 0 aromatic rings. The number of nitrogens with zero attached hydrogens (tertiary/aromatic N) is 2. The molecule has 3 aliphatic rings. The Kier molecular flexibility index (Phi) is 6.36. The van der Waals surface area contributed by atoms with Gasteiger partial charge in [-0.25, -0.2) is 0 Å². The van der Waals surface area contributed by atoms with Gasteiger partial charge in [-0.05, 0) is 25.2 Å². The number of likely N-dealkylation sites (tertiary alicyclic amines) is 1. The van der Waals surface area contributed by atoms with Crippen LogP contribution in [0.15, 0.2) is 4.99 Å². The minimum Gasteiger partial charge on any atom is -0.381 e. The van der Waals surface area contributed by atoms with Gasteiger partial charge in [0.1, 0.15) is 0 Å². The molecular weight excluding hydrogens is 391 g/mol. The maximum Gasteiger partial charge on any atom is 0.191 e. The van der Waals surface area contributed by atoms with Crippen LogP contribution < -0.4 is 10.6 Å². The van der Waals surface area contributed by atoms with Crippen molar-refractivity contribution in [3.63, 3.8) is 0 Å². The van der Waals surface area contributed by atoms with Crippen LogP contribution in [0.2, 0.25) is 0 Å². The van der Waals surface area contributed by atoms with E-state index in [0.717, 1.165) is 44.7 Å². The first-order chi connectivity index (χ1) is 10.1. The van der Waals surface area contributed by atoms with E-state index in [-0.39, 0.29) is 29.4 Å². The van der Waals surface area contributed by atoms with Crippen LogP contribution >= 0.6 is 24.0 Å². The zero-order valence-electron chi connectivity index (χ0n) is 14.1. The van der Waals surface area contributed by atoms with Gasteiger partial charge in [0.25, 0.3) is 0 Å². The third-order valence-corrected chi connectivity index (χ3v) is 5.23. The van der Waals surface area contributed by atoms with Gasteiger partial charge in [-0.3, -0.25) is 9.89 Å². The highest BCUT2D eigenvalue weighted by atomic mass is 127. The summed E-state index contributed by atoms with van der Waals surface area (Å²) < 4.78 is 5.52. The molecule has 3 atom stereocenters. The van der Waals surface area contributed by atoms with Gasteiger partial charge in [-0.2, -0.15) is 0 Å². The van der Waals surface area contributed by atoms with Crippen molar-refractivity contribution in [3.8, 4) is 0 Å². The second-order valence-electron chi connectivity index (χ2n) is 7.45. The summed E-state index contributed by atoms with van der Waals surface area (Å²) in [7, 11) is 1.86. The standard InChI is InChI=1S/C16H30N4O.HI/c1-12-8-20(13-4-5-13)9-14(12)19-15(17-3)18-10-16(2)6-7-21-11-16;/h12-14H,4-11H2,1-3H3,(H2,17,18,19);1H. The third-order valence-electron chi connectivity index (χ3n) is 5.23. The summed E-state index contributed by atoms with van der Waals surface area (Å²) in [5.41, 5.74) is 0.249. The molecule has 22 heavy (non-hydrogen) atoms. The molecule has 2 heterocycles. The average Bonchev–Trinajstić information content (AvgIpc) is 3.14. The number of hydrogen-bond donors (Lipinski definition) is 2. The van der Waals surface area contributed by atoms with Crippen molar-refractivity contribution in [2.45, 2.75) is 45.2 Å². The van der Waals surface area contributed by atoms with Crippen LogP contribution in [0.5, 0.6) is 0 Å². The first-order valence-electron chi connectivity index (χ1n) is 8.39. The SMILES string of the molecule is CN=C(NCC1(C)CCOC1)NC1CN(C2CC2)CC1C.I. The van der Waals surface area contributed by atoms with Crippen LogP contribution in [0.4, 0.5) is 0 Å². The van der Waals surface area contributed by atoms with Crippen LogP contribution in [-0.4, -0.2) is 62.8 Å². The van der Waals surface area contributed by atoms with Crippen LogP contribution in [0.3, 0.4) is 0 Å². The van der Waals surface area contributed by atoms with Gasteiger partial charge >= 0.3 is 0 Å². The van der Waals surface area contributed by atoms with Crippen molar-refractivity contribution < 1.29 is 4.74 Å². The Morgan fingerprint density at radius 1 is 1.36 bits per heavy atom. The molecule has 2 N–H and O–H groups in total. The first-order valence-corrected chi connectivity index (χ1v) is 8.39. The minimum absolute atomic E-state index is 0. The second-order valence-corrected chi connectivity index (χ2v) is 7.45. The van der Waals surface area contributed by atoms with E-state index >= 15 is 0 Å². The predicted octanol–water partition coefficient (Wildman–Crippen LogP) is 1.68. The molecular formula is C16H31IN4O. The normalized spacial score (nSPS) is 36.2. The predicted molar refractivity (Wildman–Crippen MR) is 101 cm³/mol. The van der Waals surface area contributed by atoms with E-state index in [2.05, 4.69) is 34.4 Å². The molecule has 6 heteroatoms. The summed E-state index contributed by atoms with van der Waals surface area (Å²) in [6.07, 6.45) is 3.92. The maximum absolute atomic E-state index is 5.52. The molecule has 3 fully saturated rings. The number of halogens is 1. The monoisotopic (exact) mass is 422 g/mol. The summed E-state index contributed by atoms with van der Waals surface area (Å²) in [5.74, 6) is 1.63. The van der Waals surface area contributed by atoms with Crippen molar-refractivity contribution in [3.05, 3.63) is 0 Å². The van der Waals surface area contributed by atoms with E-state index in [4.69, 9.17) is 4.74 Å². The second kappa shape index (κ2) is 7.66. The summed E-state index contributed by atoms with van der Waals surface area (Å²) in [4.78, 5) is 7.04. The third kappa shape index (κ3) is 4.47. The number of nitrogens with one attached hydrogen (secondary N) is 2. The fourth-order valence-electron chi connectivity index (χ4n) is 3.45. The van der Waals surface area contributed by atoms with E-state index in [1.807, 2.05) is 7.05 Å². The van der Waals surface area contributed by atoms with Gasteiger partial charge < -0.3 is 15.4 Å². The molecule has 2 saturated heterocycles. The first kappa shape index (κ1) is 18.3. The number of ether oxygens (including phenoxy) is 1. The lowest BCUT2D eigenvalue weighted by molar-refractivity contribution is 0.160. The van der Waals surface area contributed by atoms with Crippen LogP contribution in [0.1, 0.15) is 33.1 Å². The van der Waals surface area contributed by atoms with Crippen molar-refractivity contribution in [2.24, 2.45) is 16.3 Å². The fraction of sp³-hybridized carbons (Fsp3) is 0.938. The number of hydrogen-bond acceptors (Lipinski definition) is 3. The lowest BCUT2D eigenvalue weighted by atomic mass is 9.90. The number of aliphatic imine (C=N–C) groups is 1. The van der Waals surface area contributed by atoms with E-state index in [1.54, 1.807) is 0 Å². The van der Waals surface area contributed by atoms with Crippen molar-refractivity contribution in [1.29, 1.82) is 0 Å². The molecule has 0 amide bonds. The van der Waals surface area contributed by atoms with Crippen LogP contribution in [0, 0.1) is 11.3 Å². The molecule has 3 unspecified atom stereocenters. The van der Waals surface area contributed by atoms with Gasteiger partial charge in [0.2, 0.25) is 0 Å². The van der Waals surface area contributed by atoms with E-state index in [9.17, 15) is 0 Å². The molecule has 0 radical (unpaired) electrons. The molecule has 0 bridgehead atoms. The molecule has 0 aromatic carbocycles. The average molecular weight is 422 g/mol. The molecule has 0 spiro atoms. The van der Waals surface area contributed by atoms with Crippen LogP contribution in [0.25, 0.3) is 0 Å². The largest absolute Gasteiger partial charge is 0.381 e. The smallest absolute Gasteiger partial charge is 0.191 e. The Balaban J connectivity index is 0.00000176. The van der Waals surface area contributed by atoms with Gasteiger partial charge in [0.05, 0.1) is 6.61 Å².